The number of thiophene rings is 1. The summed E-state index contributed by atoms with van der Waals surface area (Å²) < 4.78 is 45.0. The molecule has 0 aliphatic heterocycles. The zero-order chi connectivity index (χ0) is 22.6. The number of esters is 1. The Morgan fingerprint density at radius 2 is 1.81 bits per heavy atom. The molecule has 1 aromatic heterocycles. The molecule has 1 amide bonds. The molecule has 9 heteroatoms. The van der Waals surface area contributed by atoms with Gasteiger partial charge in [0.15, 0.2) is 9.84 Å². The van der Waals surface area contributed by atoms with Crippen LogP contribution in [0.3, 0.4) is 0 Å². The standard InChI is InChI=1S/C22H20FNO5S2/c1-14-12-15(9-10-18(14)23)31(27,28)20(19-8-5-11-30-19)13-24-21(25)16-6-3-4-7-17(16)22(26)29-2/h3-12,20H,13H2,1-2H3,(H,24,25)/t20-/m0/s1. The van der Waals surface area contributed by atoms with Crippen LogP contribution in [0.15, 0.2) is 64.9 Å². The maximum Gasteiger partial charge on any atom is 0.338 e. The molecular weight excluding hydrogens is 441 g/mol. The highest BCUT2D eigenvalue weighted by Crippen LogP contribution is 2.32. The number of carbonyl (C=O) groups is 2. The van der Waals surface area contributed by atoms with Crippen molar-refractivity contribution in [1.82, 2.24) is 5.32 Å². The van der Waals surface area contributed by atoms with Gasteiger partial charge >= 0.3 is 5.97 Å². The van der Waals surface area contributed by atoms with E-state index in [1.807, 2.05) is 0 Å². The third kappa shape index (κ3) is 4.83. The number of carbonyl (C=O) groups excluding carboxylic acids is 2. The van der Waals surface area contributed by atoms with E-state index >= 15 is 0 Å². The van der Waals surface area contributed by atoms with Gasteiger partial charge in [-0.1, -0.05) is 18.2 Å². The lowest BCUT2D eigenvalue weighted by Crippen LogP contribution is -2.32. The number of methoxy groups -OCH3 is 1. The van der Waals surface area contributed by atoms with Crippen molar-refractivity contribution in [3.05, 3.63) is 87.4 Å². The number of rotatable bonds is 7. The molecule has 31 heavy (non-hydrogen) atoms. The maximum absolute atomic E-state index is 13.6. The number of benzene rings is 2. The molecule has 0 fully saturated rings. The van der Waals surface area contributed by atoms with Gasteiger partial charge in [-0.15, -0.1) is 11.3 Å². The lowest BCUT2D eigenvalue weighted by Gasteiger charge is -2.18. The van der Waals surface area contributed by atoms with Gasteiger partial charge in [0, 0.05) is 11.4 Å². The average molecular weight is 462 g/mol. The number of amides is 1. The topological polar surface area (TPSA) is 89.5 Å². The molecule has 2 aromatic carbocycles. The van der Waals surface area contributed by atoms with E-state index in [1.165, 1.54) is 49.6 Å². The minimum Gasteiger partial charge on any atom is -0.465 e. The summed E-state index contributed by atoms with van der Waals surface area (Å²) in [5.41, 5.74) is 0.364. The summed E-state index contributed by atoms with van der Waals surface area (Å²) >= 11 is 1.24. The van der Waals surface area contributed by atoms with Crippen molar-refractivity contribution in [1.29, 1.82) is 0 Å². The Kier molecular flexibility index (Phi) is 6.87. The molecule has 0 radical (unpaired) electrons. The molecule has 6 nitrogen and oxygen atoms in total. The van der Waals surface area contributed by atoms with Gasteiger partial charge in [-0.05, 0) is 54.3 Å². The molecule has 0 aliphatic rings. The summed E-state index contributed by atoms with van der Waals surface area (Å²) in [5.74, 6) is -1.78. The number of hydrogen-bond donors (Lipinski definition) is 1. The van der Waals surface area contributed by atoms with E-state index in [9.17, 15) is 22.4 Å². The van der Waals surface area contributed by atoms with Crippen LogP contribution in [0.1, 0.15) is 36.4 Å². The Morgan fingerprint density at radius 3 is 2.42 bits per heavy atom. The minimum atomic E-state index is -3.93. The molecule has 0 aliphatic carbocycles. The summed E-state index contributed by atoms with van der Waals surface area (Å²) in [5, 5.41) is 3.28. The third-order valence-corrected chi connectivity index (χ3v) is 7.93. The van der Waals surface area contributed by atoms with Crippen LogP contribution < -0.4 is 5.32 Å². The fraction of sp³-hybridized carbons (Fsp3) is 0.182. The predicted molar refractivity (Wildman–Crippen MR) is 115 cm³/mol. The summed E-state index contributed by atoms with van der Waals surface area (Å²) in [6.45, 7) is 1.26. The Morgan fingerprint density at radius 1 is 1.10 bits per heavy atom. The number of sulfone groups is 1. The van der Waals surface area contributed by atoms with Gasteiger partial charge in [0.25, 0.3) is 5.91 Å². The van der Waals surface area contributed by atoms with Gasteiger partial charge in [-0.25, -0.2) is 17.6 Å². The molecule has 162 valence electrons. The third-order valence-electron chi connectivity index (χ3n) is 4.72. The largest absolute Gasteiger partial charge is 0.465 e. The normalized spacial score (nSPS) is 12.2. The number of halogens is 1. The van der Waals surface area contributed by atoms with Crippen LogP contribution in [0.5, 0.6) is 0 Å². The Labute approximate surface area is 183 Å². The minimum absolute atomic E-state index is 0.0333. The maximum atomic E-state index is 13.6. The molecule has 0 unspecified atom stereocenters. The highest BCUT2D eigenvalue weighted by atomic mass is 32.2. The molecule has 0 bridgehead atoms. The molecule has 0 saturated carbocycles. The second kappa shape index (κ2) is 9.40. The van der Waals surface area contributed by atoms with E-state index in [0.717, 1.165) is 6.07 Å². The Bertz CT molecular complexity index is 1210. The molecule has 3 rings (SSSR count). The summed E-state index contributed by atoms with van der Waals surface area (Å²) in [6.07, 6.45) is 0. The van der Waals surface area contributed by atoms with Gasteiger partial charge in [-0.3, -0.25) is 4.79 Å². The lowest BCUT2D eigenvalue weighted by molar-refractivity contribution is 0.0596. The van der Waals surface area contributed by atoms with E-state index in [0.29, 0.717) is 4.88 Å². The number of nitrogens with one attached hydrogen (secondary N) is 1. The van der Waals surface area contributed by atoms with Gasteiger partial charge in [-0.2, -0.15) is 0 Å². The highest BCUT2D eigenvalue weighted by molar-refractivity contribution is 7.91. The van der Waals surface area contributed by atoms with E-state index in [4.69, 9.17) is 4.74 Å². The lowest BCUT2D eigenvalue weighted by atomic mass is 10.1. The van der Waals surface area contributed by atoms with E-state index in [1.54, 1.807) is 29.6 Å². The van der Waals surface area contributed by atoms with Crippen molar-refractivity contribution >= 4 is 33.1 Å². The zero-order valence-corrected chi connectivity index (χ0v) is 18.4. The molecular formula is C22H20FNO5S2. The first-order chi connectivity index (χ1) is 14.8. The van der Waals surface area contributed by atoms with Crippen molar-refractivity contribution in [3.8, 4) is 0 Å². The van der Waals surface area contributed by atoms with Crippen LogP contribution in [0, 0.1) is 12.7 Å². The van der Waals surface area contributed by atoms with Crippen LogP contribution in [-0.4, -0.2) is 33.9 Å². The summed E-state index contributed by atoms with van der Waals surface area (Å²) in [6, 6.07) is 13.1. The van der Waals surface area contributed by atoms with Crippen LogP contribution in [0.25, 0.3) is 0 Å². The van der Waals surface area contributed by atoms with Crippen molar-refractivity contribution in [3.63, 3.8) is 0 Å². The number of ether oxygens (including phenoxy) is 1. The average Bonchev–Trinajstić information content (AvgIpc) is 3.29. The number of hydrogen-bond acceptors (Lipinski definition) is 6. The smallest absolute Gasteiger partial charge is 0.338 e. The molecule has 0 saturated heterocycles. The van der Waals surface area contributed by atoms with E-state index in [2.05, 4.69) is 5.32 Å². The van der Waals surface area contributed by atoms with Gasteiger partial charge in [0.05, 0.1) is 23.1 Å². The SMILES string of the molecule is COC(=O)c1ccccc1C(=O)NC[C@@H](c1cccs1)S(=O)(=O)c1ccc(F)c(C)c1. The van der Waals surface area contributed by atoms with E-state index in [-0.39, 0.29) is 28.1 Å². The molecule has 1 atom stereocenters. The van der Waals surface area contributed by atoms with Crippen LogP contribution in [-0.2, 0) is 14.6 Å². The van der Waals surface area contributed by atoms with Gasteiger partial charge in [0.2, 0.25) is 0 Å². The molecule has 1 N–H and O–H groups in total. The molecule has 0 spiro atoms. The molecule has 1 heterocycles. The monoisotopic (exact) mass is 461 g/mol. The fourth-order valence-electron chi connectivity index (χ4n) is 3.05. The van der Waals surface area contributed by atoms with E-state index < -0.39 is 32.8 Å². The van der Waals surface area contributed by atoms with Crippen molar-refractivity contribution < 1.29 is 27.1 Å². The van der Waals surface area contributed by atoms with Crippen LogP contribution in [0.2, 0.25) is 0 Å². The first kappa shape index (κ1) is 22.6. The quantitative estimate of drug-likeness (QED) is 0.425. The Balaban J connectivity index is 1.91. The van der Waals surface area contributed by atoms with Crippen LogP contribution in [0.4, 0.5) is 4.39 Å². The number of aryl methyl sites for hydroxylation is 1. The zero-order valence-electron chi connectivity index (χ0n) is 16.8. The summed E-state index contributed by atoms with van der Waals surface area (Å²) in [4.78, 5) is 25.2. The van der Waals surface area contributed by atoms with Gasteiger partial charge in [0.1, 0.15) is 11.1 Å². The summed E-state index contributed by atoms with van der Waals surface area (Å²) in [7, 11) is -2.73. The van der Waals surface area contributed by atoms with Gasteiger partial charge < -0.3 is 10.1 Å². The first-order valence-electron chi connectivity index (χ1n) is 9.24. The molecule has 3 aromatic rings. The second-order valence-electron chi connectivity index (χ2n) is 6.71. The predicted octanol–water partition coefficient (Wildman–Crippen LogP) is 3.93. The first-order valence-corrected chi connectivity index (χ1v) is 11.7. The van der Waals surface area contributed by atoms with Crippen molar-refractivity contribution in [2.45, 2.75) is 17.1 Å². The highest BCUT2D eigenvalue weighted by Gasteiger charge is 2.31. The Hall–Kier alpha value is -3.04. The van der Waals surface area contributed by atoms with Crippen molar-refractivity contribution in [2.24, 2.45) is 0 Å². The fourth-order valence-corrected chi connectivity index (χ4v) is 5.91. The second-order valence-corrected chi connectivity index (χ2v) is 9.82. The van der Waals surface area contributed by atoms with Crippen LogP contribution >= 0.6 is 11.3 Å². The van der Waals surface area contributed by atoms with Crippen molar-refractivity contribution in [2.75, 3.05) is 13.7 Å².